The Bertz CT molecular complexity index is 499. The summed E-state index contributed by atoms with van der Waals surface area (Å²) in [5, 5.41) is 0.484. The highest BCUT2D eigenvalue weighted by atomic mass is 79.9. The quantitative estimate of drug-likeness (QED) is 0.515. The van der Waals surface area contributed by atoms with Crippen LogP contribution < -0.4 is 11.3 Å². The highest BCUT2D eigenvalue weighted by molar-refractivity contribution is 9.10. The van der Waals surface area contributed by atoms with Crippen LogP contribution in [0.5, 0.6) is 0 Å². The summed E-state index contributed by atoms with van der Waals surface area (Å²) in [6.45, 7) is 0. The van der Waals surface area contributed by atoms with E-state index < -0.39 is 0 Å². The molecule has 0 aliphatic heterocycles. The molecule has 94 valence electrons. The van der Waals surface area contributed by atoms with E-state index in [0.717, 1.165) is 16.5 Å². The van der Waals surface area contributed by atoms with Crippen molar-refractivity contribution in [3.8, 4) is 0 Å². The van der Waals surface area contributed by atoms with Gasteiger partial charge in [0, 0.05) is 10.7 Å². The fourth-order valence-electron chi connectivity index (χ4n) is 1.72. The van der Waals surface area contributed by atoms with Gasteiger partial charge in [0.25, 0.3) is 0 Å². The number of aromatic nitrogens is 1. The predicted molar refractivity (Wildman–Crippen MR) is 77.2 cm³/mol. The summed E-state index contributed by atoms with van der Waals surface area (Å²) in [5.74, 6) is 5.60. The van der Waals surface area contributed by atoms with E-state index in [4.69, 9.17) is 17.4 Å². The van der Waals surface area contributed by atoms with Crippen LogP contribution in [0.3, 0.4) is 0 Å². The van der Waals surface area contributed by atoms with Gasteiger partial charge in [0.1, 0.15) is 5.15 Å². The lowest BCUT2D eigenvalue weighted by Gasteiger charge is -2.16. The SMILES string of the molecule is NNC(Cc1ccc(Br)cc1)c1ccc(Cl)nc1. The average Bonchev–Trinajstić information content (AvgIpc) is 2.39. The normalized spacial score (nSPS) is 12.4. The minimum atomic E-state index is 0.0240. The Morgan fingerprint density at radius 3 is 2.50 bits per heavy atom. The summed E-state index contributed by atoms with van der Waals surface area (Å²) in [7, 11) is 0. The van der Waals surface area contributed by atoms with Crippen LogP contribution in [0.4, 0.5) is 0 Å². The number of benzene rings is 1. The highest BCUT2D eigenvalue weighted by Crippen LogP contribution is 2.19. The second kappa shape index (κ2) is 6.29. The molecule has 1 aromatic carbocycles. The molecule has 0 aliphatic carbocycles. The van der Waals surface area contributed by atoms with E-state index in [2.05, 4.69) is 38.5 Å². The number of pyridine rings is 1. The van der Waals surface area contributed by atoms with E-state index in [-0.39, 0.29) is 6.04 Å². The van der Waals surface area contributed by atoms with Crippen molar-refractivity contribution < 1.29 is 0 Å². The van der Waals surface area contributed by atoms with E-state index in [1.54, 1.807) is 12.3 Å². The number of hydrazine groups is 1. The molecule has 3 nitrogen and oxygen atoms in total. The van der Waals surface area contributed by atoms with Gasteiger partial charge >= 0.3 is 0 Å². The van der Waals surface area contributed by atoms with E-state index >= 15 is 0 Å². The molecule has 1 aromatic heterocycles. The maximum atomic E-state index is 5.77. The Labute approximate surface area is 119 Å². The van der Waals surface area contributed by atoms with Gasteiger partial charge in [-0.2, -0.15) is 0 Å². The molecule has 0 spiro atoms. The van der Waals surface area contributed by atoms with Gasteiger partial charge in [-0.1, -0.05) is 45.7 Å². The molecule has 5 heteroatoms. The molecule has 3 N–H and O–H groups in total. The molecule has 0 amide bonds. The molecular weight excluding hydrogens is 314 g/mol. The van der Waals surface area contributed by atoms with Crippen molar-refractivity contribution in [2.24, 2.45) is 5.84 Å². The van der Waals surface area contributed by atoms with Crippen LogP contribution in [-0.2, 0) is 6.42 Å². The first-order valence-corrected chi connectivity index (χ1v) is 6.68. The predicted octanol–water partition coefficient (Wildman–Crippen LogP) is 3.24. The van der Waals surface area contributed by atoms with Crippen LogP contribution in [0.25, 0.3) is 0 Å². The molecule has 0 saturated carbocycles. The zero-order chi connectivity index (χ0) is 13.0. The molecule has 18 heavy (non-hydrogen) atoms. The fourth-order valence-corrected chi connectivity index (χ4v) is 2.10. The summed E-state index contributed by atoms with van der Waals surface area (Å²) in [6.07, 6.45) is 2.54. The standard InChI is InChI=1S/C13H13BrClN3/c14-11-4-1-9(2-5-11)7-12(18-16)10-3-6-13(15)17-8-10/h1-6,8,12,18H,7,16H2. The molecule has 1 atom stereocenters. The fraction of sp³-hybridized carbons (Fsp3) is 0.154. The molecule has 0 aliphatic rings. The van der Waals surface area contributed by atoms with E-state index in [1.807, 2.05) is 18.2 Å². The summed E-state index contributed by atoms with van der Waals surface area (Å²) >= 11 is 9.19. The average molecular weight is 327 g/mol. The molecule has 0 bridgehead atoms. The van der Waals surface area contributed by atoms with Crippen LogP contribution >= 0.6 is 27.5 Å². The van der Waals surface area contributed by atoms with Crippen molar-refractivity contribution in [2.75, 3.05) is 0 Å². The van der Waals surface area contributed by atoms with Crippen molar-refractivity contribution in [2.45, 2.75) is 12.5 Å². The van der Waals surface area contributed by atoms with Crippen LogP contribution in [0.2, 0.25) is 5.15 Å². The number of rotatable bonds is 4. The summed E-state index contributed by atoms with van der Waals surface area (Å²) in [4.78, 5) is 4.07. The molecule has 0 saturated heterocycles. The third kappa shape index (κ3) is 3.53. The lowest BCUT2D eigenvalue weighted by atomic mass is 10.0. The maximum Gasteiger partial charge on any atom is 0.129 e. The minimum Gasteiger partial charge on any atom is -0.271 e. The Balaban J connectivity index is 2.14. The Hall–Kier alpha value is -0.940. The molecule has 2 aromatic rings. The highest BCUT2D eigenvalue weighted by Gasteiger charge is 2.10. The van der Waals surface area contributed by atoms with E-state index in [0.29, 0.717) is 5.15 Å². The van der Waals surface area contributed by atoms with E-state index in [9.17, 15) is 0 Å². The summed E-state index contributed by atoms with van der Waals surface area (Å²) in [6, 6.07) is 11.9. The second-order valence-electron chi connectivity index (χ2n) is 3.96. The van der Waals surface area contributed by atoms with Crippen LogP contribution in [0.1, 0.15) is 17.2 Å². The van der Waals surface area contributed by atoms with Crippen LogP contribution in [-0.4, -0.2) is 4.98 Å². The Morgan fingerprint density at radius 1 is 1.22 bits per heavy atom. The van der Waals surface area contributed by atoms with Crippen molar-refractivity contribution in [1.82, 2.24) is 10.4 Å². The smallest absolute Gasteiger partial charge is 0.129 e. The van der Waals surface area contributed by atoms with Gasteiger partial charge in [0.2, 0.25) is 0 Å². The Kier molecular flexibility index (Phi) is 4.72. The first-order valence-electron chi connectivity index (χ1n) is 5.51. The van der Waals surface area contributed by atoms with Gasteiger partial charge in [-0.3, -0.25) is 11.3 Å². The first kappa shape index (κ1) is 13.5. The lowest BCUT2D eigenvalue weighted by Crippen LogP contribution is -2.29. The van der Waals surface area contributed by atoms with Crippen LogP contribution in [0.15, 0.2) is 47.1 Å². The van der Waals surface area contributed by atoms with Gasteiger partial charge in [-0.05, 0) is 35.7 Å². The second-order valence-corrected chi connectivity index (χ2v) is 5.27. The van der Waals surface area contributed by atoms with Crippen molar-refractivity contribution >= 4 is 27.5 Å². The number of hydrogen-bond acceptors (Lipinski definition) is 3. The number of nitrogens with two attached hydrogens (primary N) is 1. The summed E-state index contributed by atoms with van der Waals surface area (Å²) in [5.41, 5.74) is 5.03. The molecular formula is C13H13BrClN3. The van der Waals surface area contributed by atoms with Gasteiger partial charge in [-0.25, -0.2) is 4.98 Å². The van der Waals surface area contributed by atoms with Gasteiger partial charge in [0.15, 0.2) is 0 Å². The zero-order valence-corrected chi connectivity index (χ0v) is 11.9. The summed E-state index contributed by atoms with van der Waals surface area (Å²) < 4.78 is 1.07. The molecule has 0 radical (unpaired) electrons. The first-order chi connectivity index (χ1) is 8.69. The molecule has 2 rings (SSSR count). The minimum absolute atomic E-state index is 0.0240. The van der Waals surface area contributed by atoms with Crippen LogP contribution in [0, 0.1) is 0 Å². The van der Waals surface area contributed by atoms with Gasteiger partial charge in [-0.15, -0.1) is 0 Å². The van der Waals surface area contributed by atoms with Gasteiger partial charge < -0.3 is 0 Å². The lowest BCUT2D eigenvalue weighted by molar-refractivity contribution is 0.550. The van der Waals surface area contributed by atoms with Crippen molar-refractivity contribution in [3.05, 3.63) is 63.3 Å². The molecule has 0 fully saturated rings. The van der Waals surface area contributed by atoms with Crippen molar-refractivity contribution in [3.63, 3.8) is 0 Å². The number of hydrogen-bond donors (Lipinski definition) is 2. The van der Waals surface area contributed by atoms with Gasteiger partial charge in [0.05, 0.1) is 6.04 Å². The zero-order valence-electron chi connectivity index (χ0n) is 9.61. The largest absolute Gasteiger partial charge is 0.271 e. The topological polar surface area (TPSA) is 50.9 Å². The molecule has 1 unspecified atom stereocenters. The number of halogens is 2. The third-order valence-electron chi connectivity index (χ3n) is 2.71. The number of nitrogens with zero attached hydrogens (tertiary/aromatic N) is 1. The van der Waals surface area contributed by atoms with Crippen molar-refractivity contribution in [1.29, 1.82) is 0 Å². The molecule has 1 heterocycles. The Morgan fingerprint density at radius 2 is 1.94 bits per heavy atom. The van der Waals surface area contributed by atoms with E-state index in [1.165, 1.54) is 5.56 Å². The maximum absolute atomic E-state index is 5.77. The third-order valence-corrected chi connectivity index (χ3v) is 3.46. The monoisotopic (exact) mass is 325 g/mol. The number of nitrogens with one attached hydrogen (secondary N) is 1.